The Labute approximate surface area is 137 Å². The molecule has 6 heteroatoms. The second-order valence-corrected chi connectivity index (χ2v) is 6.30. The van der Waals surface area contributed by atoms with E-state index in [0.29, 0.717) is 5.92 Å². The number of aromatic nitrogens is 1. The lowest BCUT2D eigenvalue weighted by Gasteiger charge is -2.32. The molecule has 2 fully saturated rings. The average molecular weight is 318 g/mol. The van der Waals surface area contributed by atoms with Crippen molar-refractivity contribution in [3.05, 3.63) is 18.3 Å². The number of hydrogen-bond acceptors (Lipinski definition) is 4. The normalized spacial score (nSPS) is 22.0. The van der Waals surface area contributed by atoms with Crippen molar-refractivity contribution in [2.75, 3.05) is 49.6 Å². The topological polar surface area (TPSA) is 57.7 Å². The van der Waals surface area contributed by atoms with Gasteiger partial charge in [-0.1, -0.05) is 13.3 Å². The Morgan fingerprint density at radius 1 is 1.35 bits per heavy atom. The number of carbonyl (C=O) groups is 1. The van der Waals surface area contributed by atoms with Crippen LogP contribution in [0.1, 0.15) is 26.2 Å². The second kappa shape index (κ2) is 7.64. The first kappa shape index (κ1) is 16.1. The zero-order chi connectivity index (χ0) is 16.1. The molecule has 1 N–H and O–H groups in total. The lowest BCUT2D eigenvalue weighted by atomic mass is 9.96. The van der Waals surface area contributed by atoms with E-state index in [-0.39, 0.29) is 6.03 Å². The van der Waals surface area contributed by atoms with Gasteiger partial charge in [-0.05, 0) is 30.9 Å². The number of rotatable bonds is 3. The van der Waals surface area contributed by atoms with Crippen molar-refractivity contribution < 1.29 is 9.53 Å². The smallest absolute Gasteiger partial charge is 0.321 e. The van der Waals surface area contributed by atoms with Crippen molar-refractivity contribution >= 4 is 17.5 Å². The van der Waals surface area contributed by atoms with E-state index in [0.717, 1.165) is 63.7 Å². The highest BCUT2D eigenvalue weighted by molar-refractivity contribution is 5.89. The predicted molar refractivity (Wildman–Crippen MR) is 90.9 cm³/mol. The van der Waals surface area contributed by atoms with Crippen molar-refractivity contribution in [3.8, 4) is 0 Å². The van der Waals surface area contributed by atoms with E-state index in [1.165, 1.54) is 6.42 Å². The van der Waals surface area contributed by atoms with Crippen molar-refractivity contribution in [1.82, 2.24) is 9.88 Å². The molecule has 2 aliphatic rings. The van der Waals surface area contributed by atoms with Gasteiger partial charge in [0.2, 0.25) is 0 Å². The van der Waals surface area contributed by atoms with Crippen molar-refractivity contribution in [1.29, 1.82) is 0 Å². The minimum Gasteiger partial charge on any atom is -0.378 e. The number of morpholine rings is 1. The Balaban J connectivity index is 1.56. The molecule has 23 heavy (non-hydrogen) atoms. The second-order valence-electron chi connectivity index (χ2n) is 6.30. The molecule has 0 saturated carbocycles. The summed E-state index contributed by atoms with van der Waals surface area (Å²) in [7, 11) is 0. The highest BCUT2D eigenvalue weighted by atomic mass is 16.5. The van der Waals surface area contributed by atoms with Gasteiger partial charge in [0.15, 0.2) is 0 Å². The molecule has 2 aliphatic heterocycles. The Hall–Kier alpha value is -1.82. The van der Waals surface area contributed by atoms with E-state index in [2.05, 4.69) is 22.1 Å². The quantitative estimate of drug-likeness (QED) is 0.930. The number of nitrogens with one attached hydrogen (secondary N) is 1. The lowest BCUT2D eigenvalue weighted by molar-refractivity contribution is 0.122. The number of piperidine rings is 1. The van der Waals surface area contributed by atoms with Gasteiger partial charge in [-0.2, -0.15) is 0 Å². The van der Waals surface area contributed by atoms with E-state index >= 15 is 0 Å². The van der Waals surface area contributed by atoms with Crippen LogP contribution in [0.3, 0.4) is 0 Å². The van der Waals surface area contributed by atoms with Crippen LogP contribution in [0.25, 0.3) is 0 Å². The summed E-state index contributed by atoms with van der Waals surface area (Å²) in [5.74, 6) is 1.58. The number of anilines is 2. The minimum atomic E-state index is -0.0101. The predicted octanol–water partition coefficient (Wildman–Crippen LogP) is 2.57. The molecular formula is C17H26N4O2. The van der Waals surface area contributed by atoms with Gasteiger partial charge in [0, 0.05) is 26.2 Å². The maximum Gasteiger partial charge on any atom is 0.321 e. The fourth-order valence-corrected chi connectivity index (χ4v) is 3.22. The van der Waals surface area contributed by atoms with E-state index in [9.17, 15) is 4.79 Å². The lowest BCUT2D eigenvalue weighted by Crippen LogP contribution is -2.42. The molecule has 3 heterocycles. The number of pyridine rings is 1. The molecular weight excluding hydrogens is 292 g/mol. The molecule has 3 rings (SSSR count). The van der Waals surface area contributed by atoms with Gasteiger partial charge in [-0.25, -0.2) is 9.78 Å². The van der Waals surface area contributed by atoms with Crippen molar-refractivity contribution in [3.63, 3.8) is 0 Å². The number of nitrogens with zero attached hydrogens (tertiary/aromatic N) is 3. The monoisotopic (exact) mass is 318 g/mol. The number of hydrogen-bond donors (Lipinski definition) is 1. The van der Waals surface area contributed by atoms with Crippen LogP contribution in [0.5, 0.6) is 0 Å². The first-order valence-electron chi connectivity index (χ1n) is 8.61. The van der Waals surface area contributed by atoms with Crippen molar-refractivity contribution in [2.24, 2.45) is 5.92 Å². The van der Waals surface area contributed by atoms with E-state index in [1.54, 1.807) is 6.20 Å². The number of likely N-dealkylation sites (tertiary alicyclic amines) is 1. The fraction of sp³-hybridized carbons (Fsp3) is 0.647. The molecule has 0 aromatic carbocycles. The van der Waals surface area contributed by atoms with Gasteiger partial charge in [0.25, 0.3) is 0 Å². The van der Waals surface area contributed by atoms with Crippen LogP contribution in [0.4, 0.5) is 16.3 Å². The summed E-state index contributed by atoms with van der Waals surface area (Å²) < 4.78 is 5.35. The van der Waals surface area contributed by atoms with Gasteiger partial charge in [0.05, 0.1) is 25.1 Å². The van der Waals surface area contributed by atoms with E-state index in [4.69, 9.17) is 4.74 Å². The van der Waals surface area contributed by atoms with Gasteiger partial charge < -0.3 is 19.9 Å². The summed E-state index contributed by atoms with van der Waals surface area (Å²) in [6, 6.07) is 3.88. The molecule has 2 amide bonds. The van der Waals surface area contributed by atoms with Crippen LogP contribution in [0, 0.1) is 5.92 Å². The van der Waals surface area contributed by atoms with Crippen LogP contribution >= 0.6 is 0 Å². The third-order valence-corrected chi connectivity index (χ3v) is 4.72. The maximum absolute atomic E-state index is 12.4. The van der Waals surface area contributed by atoms with E-state index < -0.39 is 0 Å². The zero-order valence-corrected chi connectivity index (χ0v) is 13.8. The molecule has 1 aromatic heterocycles. The summed E-state index contributed by atoms with van der Waals surface area (Å²) in [5, 5.41) is 2.97. The van der Waals surface area contributed by atoms with Gasteiger partial charge >= 0.3 is 6.03 Å². The van der Waals surface area contributed by atoms with Gasteiger partial charge in [-0.15, -0.1) is 0 Å². The largest absolute Gasteiger partial charge is 0.378 e. The zero-order valence-electron chi connectivity index (χ0n) is 13.8. The van der Waals surface area contributed by atoms with Crippen LogP contribution in [0.15, 0.2) is 18.3 Å². The molecule has 0 spiro atoms. The summed E-state index contributed by atoms with van der Waals surface area (Å²) in [6.45, 7) is 7.13. The van der Waals surface area contributed by atoms with Crippen molar-refractivity contribution in [2.45, 2.75) is 26.2 Å². The summed E-state index contributed by atoms with van der Waals surface area (Å²) in [6.07, 6.45) is 5.21. The standard InChI is InChI=1S/C17H26N4O2/c1-2-14-4-3-7-21(13-14)17(22)19-15-5-6-16(18-12-15)20-8-10-23-11-9-20/h5-6,12,14H,2-4,7-11,13H2,1H3,(H,19,22)/t14-/m1/s1. The first-order chi connectivity index (χ1) is 11.3. The van der Waals surface area contributed by atoms with Crippen LogP contribution in [0.2, 0.25) is 0 Å². The summed E-state index contributed by atoms with van der Waals surface area (Å²) in [5.41, 5.74) is 0.755. The molecule has 6 nitrogen and oxygen atoms in total. The highest BCUT2D eigenvalue weighted by Gasteiger charge is 2.22. The third kappa shape index (κ3) is 4.13. The SMILES string of the molecule is CC[C@@H]1CCCN(C(=O)Nc2ccc(N3CCOCC3)nc2)C1. The van der Waals surface area contributed by atoms with Crippen LogP contribution in [-0.4, -0.2) is 55.3 Å². The van der Waals surface area contributed by atoms with Crippen LogP contribution in [-0.2, 0) is 4.74 Å². The molecule has 0 aliphatic carbocycles. The van der Waals surface area contributed by atoms with Crippen LogP contribution < -0.4 is 10.2 Å². The van der Waals surface area contributed by atoms with E-state index in [1.807, 2.05) is 17.0 Å². The Morgan fingerprint density at radius 3 is 2.87 bits per heavy atom. The van der Waals surface area contributed by atoms with Gasteiger partial charge in [-0.3, -0.25) is 0 Å². The molecule has 1 atom stereocenters. The molecule has 1 aromatic rings. The molecule has 0 bridgehead atoms. The van der Waals surface area contributed by atoms with Gasteiger partial charge in [0.1, 0.15) is 5.82 Å². The third-order valence-electron chi connectivity index (χ3n) is 4.72. The highest BCUT2D eigenvalue weighted by Crippen LogP contribution is 2.20. The number of amides is 2. The first-order valence-corrected chi connectivity index (χ1v) is 8.61. The summed E-state index contributed by atoms with van der Waals surface area (Å²) in [4.78, 5) is 21.0. The number of urea groups is 1. The maximum atomic E-state index is 12.4. The molecule has 126 valence electrons. The average Bonchev–Trinajstić information content (AvgIpc) is 2.63. The summed E-state index contributed by atoms with van der Waals surface area (Å²) >= 11 is 0. The molecule has 0 unspecified atom stereocenters. The Kier molecular flexibility index (Phi) is 5.33. The Morgan fingerprint density at radius 2 is 2.17 bits per heavy atom. The minimum absolute atomic E-state index is 0.0101. The molecule has 0 radical (unpaired) electrons. The fourth-order valence-electron chi connectivity index (χ4n) is 3.22. The Bertz CT molecular complexity index is 514. The number of ether oxygens (including phenoxy) is 1. The number of carbonyl (C=O) groups excluding carboxylic acids is 1. The molecule has 2 saturated heterocycles.